The molecule has 3 aromatic rings. The molecule has 28 heavy (non-hydrogen) atoms. The Morgan fingerprint density at radius 1 is 1.07 bits per heavy atom. The van der Waals surface area contributed by atoms with Crippen molar-refractivity contribution in [1.82, 2.24) is 0 Å². The Morgan fingerprint density at radius 2 is 1.86 bits per heavy atom. The van der Waals surface area contributed by atoms with Gasteiger partial charge in [-0.3, -0.25) is 0 Å². The Balaban J connectivity index is 1.82. The van der Waals surface area contributed by atoms with Crippen LogP contribution >= 0.6 is 27.5 Å². The van der Waals surface area contributed by atoms with Crippen molar-refractivity contribution in [2.24, 2.45) is 0 Å². The molecule has 0 fully saturated rings. The highest BCUT2D eigenvalue weighted by Gasteiger charge is 2.08. The van der Waals surface area contributed by atoms with Gasteiger partial charge in [0, 0.05) is 9.50 Å². The normalized spacial score (nSPS) is 11.0. The molecule has 0 unspecified atom stereocenters. The number of benzene rings is 3. The topological polar surface area (TPSA) is 42.2 Å². The highest BCUT2D eigenvalue weighted by atomic mass is 79.9. The van der Waals surface area contributed by atoms with Gasteiger partial charge in [0.25, 0.3) is 0 Å². The molecule has 0 amide bonds. The molecule has 0 N–H and O–H groups in total. The zero-order valence-corrected chi connectivity index (χ0v) is 17.5. The van der Waals surface area contributed by atoms with Crippen LogP contribution in [0, 0.1) is 11.3 Å². The van der Waals surface area contributed by atoms with Crippen molar-refractivity contribution >= 4 is 39.2 Å². The molecule has 0 heterocycles. The summed E-state index contributed by atoms with van der Waals surface area (Å²) < 4.78 is 12.4. The molecule has 0 saturated carbocycles. The fourth-order valence-electron chi connectivity index (χ4n) is 2.64. The highest BCUT2D eigenvalue weighted by Crippen LogP contribution is 2.31. The number of hydrogen-bond donors (Lipinski definition) is 0. The van der Waals surface area contributed by atoms with E-state index in [1.54, 1.807) is 25.3 Å². The van der Waals surface area contributed by atoms with E-state index in [4.69, 9.17) is 21.1 Å². The Labute approximate surface area is 177 Å². The van der Waals surface area contributed by atoms with E-state index in [0.717, 1.165) is 21.2 Å². The Morgan fingerprint density at radius 3 is 2.54 bits per heavy atom. The summed E-state index contributed by atoms with van der Waals surface area (Å²) in [6, 6.07) is 23.0. The standard InChI is InChI=1S/C23H17BrClNO2/c1-27-23-12-17(11-19(14-26)18-3-2-4-21(25)13-18)7-10-22(23)28-15-16-5-8-20(24)9-6-16/h2-13H,15H2,1H3/b19-11-. The Hall–Kier alpha value is -2.74. The zero-order valence-electron chi connectivity index (χ0n) is 15.2. The van der Waals surface area contributed by atoms with Crippen LogP contribution in [-0.4, -0.2) is 7.11 Å². The van der Waals surface area contributed by atoms with E-state index in [2.05, 4.69) is 22.0 Å². The van der Waals surface area contributed by atoms with Crippen LogP contribution in [0.15, 0.2) is 71.2 Å². The van der Waals surface area contributed by atoms with Crippen LogP contribution in [0.2, 0.25) is 5.02 Å². The monoisotopic (exact) mass is 453 g/mol. The van der Waals surface area contributed by atoms with E-state index in [1.165, 1.54) is 0 Å². The van der Waals surface area contributed by atoms with Gasteiger partial charge in [0.05, 0.1) is 18.8 Å². The quantitative estimate of drug-likeness (QED) is 0.305. The highest BCUT2D eigenvalue weighted by molar-refractivity contribution is 9.10. The Kier molecular flexibility index (Phi) is 6.76. The molecule has 0 saturated heterocycles. The molecule has 5 heteroatoms. The second-order valence-electron chi connectivity index (χ2n) is 6.01. The average molecular weight is 455 g/mol. The molecule has 0 aliphatic carbocycles. The van der Waals surface area contributed by atoms with E-state index < -0.39 is 0 Å². The fraction of sp³-hybridized carbons (Fsp3) is 0.0870. The first kappa shape index (κ1) is 20.0. The largest absolute Gasteiger partial charge is 0.493 e. The molecule has 0 aliphatic heterocycles. The summed E-state index contributed by atoms with van der Waals surface area (Å²) in [7, 11) is 1.59. The van der Waals surface area contributed by atoms with Gasteiger partial charge < -0.3 is 9.47 Å². The lowest BCUT2D eigenvalue weighted by atomic mass is 10.0. The predicted molar refractivity (Wildman–Crippen MR) is 116 cm³/mol. The van der Waals surface area contributed by atoms with Crippen LogP contribution in [0.4, 0.5) is 0 Å². The second-order valence-corrected chi connectivity index (χ2v) is 7.36. The van der Waals surface area contributed by atoms with Crippen molar-refractivity contribution in [1.29, 1.82) is 5.26 Å². The second kappa shape index (κ2) is 9.45. The van der Waals surface area contributed by atoms with Gasteiger partial charge in [0.2, 0.25) is 0 Å². The van der Waals surface area contributed by atoms with Gasteiger partial charge in [-0.1, -0.05) is 57.9 Å². The summed E-state index contributed by atoms with van der Waals surface area (Å²) >= 11 is 9.46. The molecule has 3 nitrogen and oxygen atoms in total. The van der Waals surface area contributed by atoms with Crippen molar-refractivity contribution in [2.45, 2.75) is 6.61 Å². The maximum Gasteiger partial charge on any atom is 0.161 e. The lowest BCUT2D eigenvalue weighted by Crippen LogP contribution is -1.98. The van der Waals surface area contributed by atoms with Gasteiger partial charge in [0.1, 0.15) is 6.61 Å². The number of methoxy groups -OCH3 is 1. The van der Waals surface area contributed by atoms with Crippen molar-refractivity contribution in [3.05, 3.63) is 92.9 Å². The summed E-state index contributed by atoms with van der Waals surface area (Å²) in [5.41, 5.74) is 3.18. The van der Waals surface area contributed by atoms with Gasteiger partial charge in [-0.15, -0.1) is 0 Å². The number of nitrogens with zero attached hydrogens (tertiary/aromatic N) is 1. The maximum atomic E-state index is 9.52. The number of rotatable bonds is 6. The van der Waals surface area contributed by atoms with Crippen LogP contribution < -0.4 is 9.47 Å². The fourth-order valence-corrected chi connectivity index (χ4v) is 3.09. The van der Waals surface area contributed by atoms with Crippen LogP contribution in [-0.2, 0) is 6.61 Å². The number of nitriles is 1. The number of allylic oxidation sites excluding steroid dienone is 1. The van der Waals surface area contributed by atoms with Crippen molar-refractivity contribution in [2.75, 3.05) is 7.11 Å². The molecule has 3 rings (SSSR count). The first-order valence-corrected chi connectivity index (χ1v) is 9.69. The summed E-state index contributed by atoms with van der Waals surface area (Å²) in [5.74, 6) is 1.25. The Bertz CT molecular complexity index is 1040. The number of ether oxygens (including phenoxy) is 2. The molecule has 0 radical (unpaired) electrons. The third kappa shape index (κ3) is 5.16. The van der Waals surface area contributed by atoms with E-state index in [-0.39, 0.29) is 0 Å². The molecule has 0 atom stereocenters. The predicted octanol–water partition coefficient (Wildman–Crippen LogP) is 6.75. The molecule has 0 aromatic heterocycles. The first-order chi connectivity index (χ1) is 13.6. The summed E-state index contributed by atoms with van der Waals surface area (Å²) in [4.78, 5) is 0. The van der Waals surface area contributed by atoms with Gasteiger partial charge in [-0.25, -0.2) is 0 Å². The van der Waals surface area contributed by atoms with E-state index in [0.29, 0.717) is 28.7 Å². The minimum absolute atomic E-state index is 0.435. The van der Waals surface area contributed by atoms with Crippen molar-refractivity contribution in [3.8, 4) is 17.6 Å². The average Bonchev–Trinajstić information content (AvgIpc) is 2.72. The van der Waals surface area contributed by atoms with Gasteiger partial charge >= 0.3 is 0 Å². The van der Waals surface area contributed by atoms with Gasteiger partial charge in [0.15, 0.2) is 11.5 Å². The van der Waals surface area contributed by atoms with E-state index >= 15 is 0 Å². The minimum atomic E-state index is 0.435. The molecule has 3 aromatic carbocycles. The zero-order chi connectivity index (χ0) is 19.9. The SMILES string of the molecule is COc1cc(/C=C(/C#N)c2cccc(Cl)c2)ccc1OCc1ccc(Br)cc1. The third-order valence-corrected chi connectivity index (χ3v) is 4.83. The molecular formula is C23H17BrClNO2. The molecule has 0 aliphatic rings. The van der Waals surface area contributed by atoms with Crippen molar-refractivity contribution in [3.63, 3.8) is 0 Å². The molecule has 140 valence electrons. The summed E-state index contributed by atoms with van der Waals surface area (Å²) in [6.07, 6.45) is 1.80. The van der Waals surface area contributed by atoms with E-state index in [9.17, 15) is 5.26 Å². The lowest BCUT2D eigenvalue weighted by molar-refractivity contribution is 0.284. The van der Waals surface area contributed by atoms with Gasteiger partial charge in [-0.2, -0.15) is 5.26 Å². The smallest absolute Gasteiger partial charge is 0.161 e. The lowest BCUT2D eigenvalue weighted by Gasteiger charge is -2.12. The van der Waals surface area contributed by atoms with Crippen molar-refractivity contribution < 1.29 is 9.47 Å². The maximum absolute atomic E-state index is 9.52. The first-order valence-electron chi connectivity index (χ1n) is 8.52. The van der Waals surface area contributed by atoms with E-state index in [1.807, 2.05) is 54.6 Å². The molecule has 0 spiro atoms. The van der Waals surface area contributed by atoms with Crippen LogP contribution in [0.1, 0.15) is 16.7 Å². The third-order valence-electron chi connectivity index (χ3n) is 4.06. The number of halogens is 2. The van der Waals surface area contributed by atoms with Crippen LogP contribution in [0.25, 0.3) is 11.6 Å². The number of hydrogen-bond acceptors (Lipinski definition) is 3. The molecule has 0 bridgehead atoms. The summed E-state index contributed by atoms with van der Waals surface area (Å²) in [5, 5.41) is 10.1. The minimum Gasteiger partial charge on any atom is -0.493 e. The molecular weight excluding hydrogens is 438 g/mol. The van der Waals surface area contributed by atoms with Crippen LogP contribution in [0.3, 0.4) is 0 Å². The van der Waals surface area contributed by atoms with Gasteiger partial charge in [-0.05, 0) is 59.2 Å². The summed E-state index contributed by atoms with van der Waals surface area (Å²) in [6.45, 7) is 0.435. The van der Waals surface area contributed by atoms with Crippen LogP contribution in [0.5, 0.6) is 11.5 Å².